The van der Waals surface area contributed by atoms with Crippen LogP contribution in [0.3, 0.4) is 0 Å². The lowest BCUT2D eigenvalue weighted by Gasteiger charge is -2.08. The third-order valence-electron chi connectivity index (χ3n) is 2.88. The van der Waals surface area contributed by atoms with Crippen LogP contribution in [0.5, 0.6) is 0 Å². The molecule has 18 heavy (non-hydrogen) atoms. The molecule has 0 spiro atoms. The maximum Gasteiger partial charge on any atom is 0.163 e. The van der Waals surface area contributed by atoms with Crippen LogP contribution in [0.2, 0.25) is 0 Å². The number of rotatable bonds is 2. The summed E-state index contributed by atoms with van der Waals surface area (Å²) in [5, 5.41) is 0. The van der Waals surface area contributed by atoms with E-state index in [0.717, 1.165) is 39.8 Å². The van der Waals surface area contributed by atoms with Crippen LogP contribution in [0.4, 0.5) is 5.82 Å². The number of pyridine rings is 1. The quantitative estimate of drug-likeness (QED) is 0.633. The third-order valence-corrected chi connectivity index (χ3v) is 3.85. The second-order valence-corrected chi connectivity index (χ2v) is 5.13. The van der Waals surface area contributed by atoms with Gasteiger partial charge in [-0.25, -0.2) is 15.8 Å². The van der Waals surface area contributed by atoms with E-state index in [1.54, 1.807) is 6.20 Å². The molecule has 3 heterocycles. The van der Waals surface area contributed by atoms with Crippen LogP contribution in [-0.4, -0.2) is 15.0 Å². The van der Waals surface area contributed by atoms with E-state index >= 15 is 0 Å². The minimum absolute atomic E-state index is 0.678. The summed E-state index contributed by atoms with van der Waals surface area (Å²) in [6.07, 6.45) is 1.79. The highest BCUT2D eigenvalue weighted by Crippen LogP contribution is 2.33. The molecule has 92 valence electrons. The number of aromatic nitrogens is 3. The Hall–Kier alpha value is -1.66. The van der Waals surface area contributed by atoms with Crippen molar-refractivity contribution in [2.24, 2.45) is 5.84 Å². The third kappa shape index (κ3) is 1.93. The Morgan fingerprint density at radius 3 is 2.89 bits per heavy atom. The summed E-state index contributed by atoms with van der Waals surface area (Å²) in [6.45, 7) is 1.96. The highest BCUT2D eigenvalue weighted by Gasteiger charge is 2.19. The summed E-state index contributed by atoms with van der Waals surface area (Å²) in [4.78, 5) is 13.3. The minimum Gasteiger partial charge on any atom is -0.308 e. The van der Waals surface area contributed by atoms with Crippen LogP contribution in [0, 0.1) is 6.92 Å². The molecule has 0 radical (unpaired) electrons. The first-order valence-electron chi connectivity index (χ1n) is 5.65. The molecule has 0 saturated heterocycles. The summed E-state index contributed by atoms with van der Waals surface area (Å²) in [6, 6.07) is 3.93. The topological polar surface area (TPSA) is 76.7 Å². The summed E-state index contributed by atoms with van der Waals surface area (Å²) < 4.78 is 0. The Kier molecular flexibility index (Phi) is 2.89. The van der Waals surface area contributed by atoms with Gasteiger partial charge in [-0.15, -0.1) is 0 Å². The molecule has 0 aromatic carbocycles. The number of nitrogen functional groups attached to an aromatic ring is 1. The van der Waals surface area contributed by atoms with Gasteiger partial charge in [0.1, 0.15) is 5.82 Å². The number of hydrazine groups is 1. The number of nitrogens with one attached hydrogen (secondary N) is 1. The Labute approximate surface area is 109 Å². The van der Waals surface area contributed by atoms with E-state index in [-0.39, 0.29) is 0 Å². The van der Waals surface area contributed by atoms with E-state index in [1.165, 1.54) is 0 Å². The smallest absolute Gasteiger partial charge is 0.163 e. The Morgan fingerprint density at radius 2 is 2.17 bits per heavy atom. The van der Waals surface area contributed by atoms with Crippen molar-refractivity contribution in [3.05, 3.63) is 35.3 Å². The molecule has 0 amide bonds. The number of nitrogens with zero attached hydrogens (tertiary/aromatic N) is 3. The van der Waals surface area contributed by atoms with Gasteiger partial charge >= 0.3 is 0 Å². The van der Waals surface area contributed by atoms with Crippen molar-refractivity contribution in [1.82, 2.24) is 15.0 Å². The number of aryl methyl sites for hydroxylation is 1. The number of thioether (sulfide) groups is 1. The van der Waals surface area contributed by atoms with Gasteiger partial charge in [0.05, 0.1) is 5.69 Å². The molecule has 2 aromatic heterocycles. The van der Waals surface area contributed by atoms with Crippen molar-refractivity contribution in [3.8, 4) is 11.4 Å². The lowest BCUT2D eigenvalue weighted by Crippen LogP contribution is -2.12. The molecule has 1 aliphatic rings. The molecular formula is C12H13N5S. The minimum atomic E-state index is 0.678. The van der Waals surface area contributed by atoms with Crippen LogP contribution in [0.25, 0.3) is 11.4 Å². The molecule has 0 bridgehead atoms. The largest absolute Gasteiger partial charge is 0.308 e. The zero-order valence-corrected chi connectivity index (χ0v) is 10.8. The van der Waals surface area contributed by atoms with Crippen molar-refractivity contribution >= 4 is 17.6 Å². The Morgan fingerprint density at radius 1 is 1.28 bits per heavy atom. The van der Waals surface area contributed by atoms with Crippen LogP contribution in [0.1, 0.15) is 17.0 Å². The number of hydrogen-bond acceptors (Lipinski definition) is 6. The van der Waals surface area contributed by atoms with Crippen molar-refractivity contribution in [2.45, 2.75) is 18.4 Å². The molecule has 0 fully saturated rings. The fourth-order valence-electron chi connectivity index (χ4n) is 1.90. The SMILES string of the molecule is Cc1ccc(-c2nc3c(c(NN)n2)CSC3)cn1. The van der Waals surface area contributed by atoms with E-state index in [1.807, 2.05) is 30.8 Å². The number of nitrogens with two attached hydrogens (primary N) is 1. The molecule has 3 N–H and O–H groups in total. The van der Waals surface area contributed by atoms with Gasteiger partial charge in [0.2, 0.25) is 0 Å². The normalized spacial score (nSPS) is 13.4. The summed E-state index contributed by atoms with van der Waals surface area (Å²) >= 11 is 1.83. The monoisotopic (exact) mass is 259 g/mol. The molecule has 1 aliphatic heterocycles. The lowest BCUT2D eigenvalue weighted by atomic mass is 10.2. The van der Waals surface area contributed by atoms with E-state index in [2.05, 4.69) is 20.4 Å². The Balaban J connectivity index is 2.10. The Bertz CT molecular complexity index is 582. The summed E-state index contributed by atoms with van der Waals surface area (Å²) in [5.74, 6) is 8.76. The molecule has 2 aromatic rings. The van der Waals surface area contributed by atoms with E-state index < -0.39 is 0 Å². The summed E-state index contributed by atoms with van der Waals surface area (Å²) in [5.41, 5.74) is 6.74. The van der Waals surface area contributed by atoms with Gasteiger partial charge < -0.3 is 5.43 Å². The lowest BCUT2D eigenvalue weighted by molar-refractivity contribution is 1.05. The van der Waals surface area contributed by atoms with Gasteiger partial charge in [-0.2, -0.15) is 11.8 Å². The van der Waals surface area contributed by atoms with Crippen LogP contribution in [0.15, 0.2) is 18.3 Å². The van der Waals surface area contributed by atoms with Crippen molar-refractivity contribution in [1.29, 1.82) is 0 Å². The van der Waals surface area contributed by atoms with Gasteiger partial charge in [-0.05, 0) is 19.1 Å². The van der Waals surface area contributed by atoms with Gasteiger partial charge in [0, 0.05) is 34.5 Å². The molecule has 3 rings (SSSR count). The highest BCUT2D eigenvalue weighted by atomic mass is 32.2. The van der Waals surface area contributed by atoms with Crippen molar-refractivity contribution < 1.29 is 0 Å². The second-order valence-electron chi connectivity index (χ2n) is 4.15. The molecule has 0 aliphatic carbocycles. The average molecular weight is 259 g/mol. The molecular weight excluding hydrogens is 246 g/mol. The van der Waals surface area contributed by atoms with Gasteiger partial charge in [-0.1, -0.05) is 0 Å². The first kappa shape index (κ1) is 11.4. The maximum absolute atomic E-state index is 5.53. The standard InChI is InChI=1S/C12H13N5S/c1-7-2-3-8(4-14-7)11-15-10-6-18-5-9(10)12(16-11)17-13/h2-4H,5-6,13H2,1H3,(H,15,16,17). The highest BCUT2D eigenvalue weighted by molar-refractivity contribution is 7.98. The zero-order chi connectivity index (χ0) is 12.5. The molecule has 0 atom stereocenters. The average Bonchev–Trinajstić information content (AvgIpc) is 2.86. The number of fused-ring (bicyclic) bond motifs is 1. The predicted molar refractivity (Wildman–Crippen MR) is 72.8 cm³/mol. The number of hydrogen-bond donors (Lipinski definition) is 2. The summed E-state index contributed by atoms with van der Waals surface area (Å²) in [7, 11) is 0. The fraction of sp³-hybridized carbons (Fsp3) is 0.250. The van der Waals surface area contributed by atoms with Crippen LogP contribution >= 0.6 is 11.8 Å². The maximum atomic E-state index is 5.53. The molecule has 0 unspecified atom stereocenters. The zero-order valence-electron chi connectivity index (χ0n) is 9.97. The van der Waals surface area contributed by atoms with E-state index in [4.69, 9.17) is 5.84 Å². The molecule has 5 nitrogen and oxygen atoms in total. The van der Waals surface area contributed by atoms with E-state index in [0.29, 0.717) is 5.82 Å². The van der Waals surface area contributed by atoms with Crippen LogP contribution in [-0.2, 0) is 11.5 Å². The van der Waals surface area contributed by atoms with Gasteiger partial charge in [0.15, 0.2) is 5.82 Å². The number of anilines is 1. The second kappa shape index (κ2) is 4.55. The van der Waals surface area contributed by atoms with Crippen molar-refractivity contribution in [2.75, 3.05) is 5.43 Å². The first-order valence-corrected chi connectivity index (χ1v) is 6.80. The fourth-order valence-corrected chi connectivity index (χ4v) is 2.94. The molecule has 6 heteroatoms. The molecule has 0 saturated carbocycles. The van der Waals surface area contributed by atoms with Crippen LogP contribution < -0.4 is 11.3 Å². The first-order chi connectivity index (χ1) is 8.78. The van der Waals surface area contributed by atoms with Gasteiger partial charge in [0.25, 0.3) is 0 Å². The van der Waals surface area contributed by atoms with Gasteiger partial charge in [-0.3, -0.25) is 4.98 Å². The van der Waals surface area contributed by atoms with E-state index in [9.17, 15) is 0 Å². The predicted octanol–water partition coefficient (Wildman–Crippen LogP) is 1.88. The van der Waals surface area contributed by atoms with Crippen molar-refractivity contribution in [3.63, 3.8) is 0 Å².